The van der Waals surface area contributed by atoms with Crippen LogP contribution in [0.1, 0.15) is 69.2 Å². The molecule has 0 aliphatic heterocycles. The van der Waals surface area contributed by atoms with Gasteiger partial charge in [-0.05, 0) is 0 Å². The third kappa shape index (κ3) is 4.51. The molecule has 0 atom stereocenters. The maximum atomic E-state index is 7.00. The molecule has 0 aromatic heterocycles. The molecule has 0 fully saturated rings. The van der Waals surface area contributed by atoms with E-state index in [1.807, 2.05) is 6.56 Å². The van der Waals surface area contributed by atoms with Gasteiger partial charge in [0.1, 0.15) is 0 Å². The summed E-state index contributed by atoms with van der Waals surface area (Å²) < 4.78 is 3.85. The first-order valence-corrected chi connectivity index (χ1v) is 19.9. The van der Waals surface area contributed by atoms with E-state index in [0.717, 1.165) is 14.2 Å². The summed E-state index contributed by atoms with van der Waals surface area (Å²) in [5.41, 5.74) is 10.3. The van der Waals surface area contributed by atoms with Gasteiger partial charge in [0.15, 0.2) is 0 Å². The second-order valence-electron chi connectivity index (χ2n) is 9.32. The standard InChI is InChI=1S/2C10H15.C2H7Si.2CH4O.Zr/c2*1-7-6-10(4,5)9(3)8(7)2;1-3-2;2*1-2;/h2*1-5H3;3H,1-2H3;2*2H,1H3;. The third-order valence-corrected chi connectivity index (χ3v) is 27.9. The van der Waals surface area contributed by atoms with Gasteiger partial charge in [-0.3, -0.25) is 0 Å². The molecule has 2 aliphatic carbocycles. The molecule has 0 aromatic rings. The first-order chi connectivity index (χ1) is 12.8. The molecule has 0 unspecified atom stereocenters. The minimum atomic E-state index is -1.86. The molecule has 0 amide bonds. The van der Waals surface area contributed by atoms with E-state index in [1.54, 1.807) is 33.4 Å². The Hall–Kier alpha value is -0.0200. The minimum Gasteiger partial charge on any atom is -0.400 e. The summed E-state index contributed by atoms with van der Waals surface area (Å²) in [4.78, 5) is 0. The van der Waals surface area contributed by atoms with Gasteiger partial charge in [0, 0.05) is 14.2 Å². The van der Waals surface area contributed by atoms with Crippen molar-refractivity contribution in [2.24, 2.45) is 10.8 Å². The Labute approximate surface area is 183 Å². The Morgan fingerprint density at radius 3 is 0.964 bits per heavy atom. The largest absolute Gasteiger partial charge is 0.400 e. The fraction of sp³-hybridized carbons (Fsp3) is 0.667. The molecule has 4 heteroatoms. The molecule has 2 N–H and O–H groups in total. The summed E-state index contributed by atoms with van der Waals surface area (Å²) in [5.74, 6) is -0.715. The summed E-state index contributed by atoms with van der Waals surface area (Å²) in [6, 6.07) is 0. The van der Waals surface area contributed by atoms with Crippen LogP contribution in [0.5, 0.6) is 0 Å². The van der Waals surface area contributed by atoms with E-state index < -0.39 is 26.8 Å². The van der Waals surface area contributed by atoms with Crippen molar-refractivity contribution in [2.45, 2.75) is 82.3 Å². The molecule has 161 valence electrons. The molecule has 2 aliphatic rings. The van der Waals surface area contributed by atoms with Crippen molar-refractivity contribution in [3.63, 3.8) is 0 Å². The molecule has 0 spiro atoms. The van der Waals surface area contributed by atoms with Crippen molar-refractivity contribution in [3.8, 4) is 0 Å². The van der Waals surface area contributed by atoms with Gasteiger partial charge in [0.25, 0.3) is 0 Å². The fourth-order valence-electron chi connectivity index (χ4n) is 4.97. The average molecular weight is 485 g/mol. The van der Waals surface area contributed by atoms with Crippen LogP contribution in [0.3, 0.4) is 0 Å². The van der Waals surface area contributed by atoms with Gasteiger partial charge in [-0.2, -0.15) is 0 Å². The van der Waals surface area contributed by atoms with Crippen LogP contribution in [0.15, 0.2) is 40.0 Å². The normalized spacial score (nSPS) is 20.5. The molecule has 28 heavy (non-hydrogen) atoms. The Kier molecular flexibility index (Phi) is 10.3. The Bertz CT molecular complexity index is 661. The summed E-state index contributed by atoms with van der Waals surface area (Å²) >= 11 is -1.86. The van der Waals surface area contributed by atoms with Crippen LogP contribution >= 0.6 is 0 Å². The second kappa shape index (κ2) is 10.3. The maximum absolute atomic E-state index is 7.00. The first-order valence-electron chi connectivity index (χ1n) is 10.3. The average Bonchev–Trinajstić information content (AvgIpc) is 2.89. The van der Waals surface area contributed by atoms with Crippen molar-refractivity contribution < 1.29 is 31.1 Å². The van der Waals surface area contributed by atoms with Crippen LogP contribution in [-0.4, -0.2) is 30.4 Å². The van der Waals surface area contributed by atoms with E-state index in [-0.39, 0.29) is 10.8 Å². The predicted molar refractivity (Wildman–Crippen MR) is 125 cm³/mol. The zero-order chi connectivity index (χ0) is 22.8. The molecule has 0 saturated heterocycles. The topological polar surface area (TPSA) is 40.5 Å². The van der Waals surface area contributed by atoms with Crippen LogP contribution in [0.4, 0.5) is 0 Å². The molecule has 2 rings (SSSR count). The Morgan fingerprint density at radius 2 is 0.821 bits per heavy atom. The van der Waals surface area contributed by atoms with Crippen molar-refractivity contribution >= 4 is 5.92 Å². The molecule has 0 saturated carbocycles. The summed E-state index contributed by atoms with van der Waals surface area (Å²) in [6.45, 7) is 29.6. The van der Waals surface area contributed by atoms with E-state index in [2.05, 4.69) is 82.3 Å². The van der Waals surface area contributed by atoms with Crippen LogP contribution in [0, 0.1) is 10.8 Å². The molecule has 0 radical (unpaired) electrons. The summed E-state index contributed by atoms with van der Waals surface area (Å²) in [6.07, 6.45) is 0. The Balaban J connectivity index is 0.00000171. The van der Waals surface area contributed by atoms with Gasteiger partial charge < -0.3 is 10.2 Å². The predicted octanol–water partition coefficient (Wildman–Crippen LogP) is 6.11. The SMILES string of the molecule is CC1=C(C)C(C)(C)[C]([Zr]([C]2=C(C)C(C)=C(C)C2(C)C)[SiH](C)C)=C1C.CO.CO. The van der Waals surface area contributed by atoms with E-state index in [4.69, 9.17) is 10.2 Å². The van der Waals surface area contributed by atoms with Gasteiger partial charge in [0.2, 0.25) is 0 Å². The second-order valence-corrected chi connectivity index (χ2v) is 28.1. The van der Waals surface area contributed by atoms with Crippen molar-refractivity contribution in [1.29, 1.82) is 0 Å². The van der Waals surface area contributed by atoms with Crippen LogP contribution in [-0.2, 0) is 20.9 Å². The molecule has 0 heterocycles. The van der Waals surface area contributed by atoms with Crippen molar-refractivity contribution in [1.82, 2.24) is 0 Å². The molecule has 2 nitrogen and oxygen atoms in total. The molecular weight excluding hydrogens is 440 g/mol. The van der Waals surface area contributed by atoms with Crippen molar-refractivity contribution in [3.05, 3.63) is 40.0 Å². The number of hydrogen-bond acceptors (Lipinski definition) is 2. The molecular formula is C24H45O2SiZr. The number of rotatable bonds is 3. The van der Waals surface area contributed by atoms with Crippen LogP contribution in [0.25, 0.3) is 0 Å². The maximum Gasteiger partial charge on any atom is 0.0319 e. The monoisotopic (exact) mass is 483 g/mol. The smallest absolute Gasteiger partial charge is 0.0319 e. The van der Waals surface area contributed by atoms with Gasteiger partial charge in [-0.15, -0.1) is 0 Å². The van der Waals surface area contributed by atoms with Gasteiger partial charge in [0.05, 0.1) is 0 Å². The fourth-order valence-corrected chi connectivity index (χ4v) is 29.2. The third-order valence-electron chi connectivity index (χ3n) is 7.24. The van der Waals surface area contributed by atoms with Crippen LogP contribution < -0.4 is 0 Å². The van der Waals surface area contributed by atoms with Gasteiger partial charge >= 0.3 is 160 Å². The van der Waals surface area contributed by atoms with Gasteiger partial charge in [-0.1, -0.05) is 0 Å². The summed E-state index contributed by atoms with van der Waals surface area (Å²) in [7, 11) is 2.00. The number of aliphatic hydroxyl groups excluding tert-OH is 2. The molecule has 0 bridgehead atoms. The van der Waals surface area contributed by atoms with E-state index in [1.165, 1.54) is 0 Å². The first kappa shape index (κ1) is 28.0. The van der Waals surface area contributed by atoms with E-state index in [0.29, 0.717) is 0 Å². The van der Waals surface area contributed by atoms with Crippen LogP contribution in [0.2, 0.25) is 13.1 Å². The summed E-state index contributed by atoms with van der Waals surface area (Å²) in [5, 5.41) is 14.0. The zero-order valence-electron chi connectivity index (χ0n) is 21.0. The van der Waals surface area contributed by atoms with Gasteiger partial charge in [-0.25, -0.2) is 0 Å². The van der Waals surface area contributed by atoms with E-state index >= 15 is 0 Å². The Morgan fingerprint density at radius 1 is 0.571 bits per heavy atom. The van der Waals surface area contributed by atoms with E-state index in [9.17, 15) is 0 Å². The zero-order valence-corrected chi connectivity index (χ0v) is 24.6. The number of hydrogen-bond donors (Lipinski definition) is 2. The quantitative estimate of drug-likeness (QED) is 0.475. The number of allylic oxidation sites excluding steroid dienone is 8. The minimum absolute atomic E-state index is 0.286. The molecule has 0 aromatic carbocycles. The number of aliphatic hydroxyl groups is 2. The van der Waals surface area contributed by atoms with Crippen molar-refractivity contribution in [2.75, 3.05) is 14.2 Å².